The molecule has 0 saturated heterocycles. The molecule has 2 aliphatic carbocycles. The van der Waals surface area contributed by atoms with Gasteiger partial charge in [0.25, 0.3) is 0 Å². The molecule has 158 valence electrons. The molecule has 4 atom stereocenters. The Kier molecular flexibility index (Phi) is 5.76. The van der Waals surface area contributed by atoms with Gasteiger partial charge < -0.3 is 4.74 Å². The second-order valence-corrected chi connectivity index (χ2v) is 8.93. The van der Waals surface area contributed by atoms with Crippen molar-refractivity contribution >= 4 is 10.8 Å². The molecule has 0 N–H and O–H groups in total. The van der Waals surface area contributed by atoms with E-state index in [1.165, 1.54) is 50.5 Å². The molecule has 2 saturated carbocycles. The van der Waals surface area contributed by atoms with Crippen LogP contribution >= 0.6 is 0 Å². The summed E-state index contributed by atoms with van der Waals surface area (Å²) in [7, 11) is 0. The Morgan fingerprint density at radius 3 is 2.45 bits per heavy atom. The average molecular weight is 408 g/mol. The van der Waals surface area contributed by atoms with E-state index in [9.17, 15) is 17.6 Å². The highest BCUT2D eigenvalue weighted by Gasteiger charge is 2.36. The van der Waals surface area contributed by atoms with Crippen molar-refractivity contribution in [3.63, 3.8) is 0 Å². The van der Waals surface area contributed by atoms with Crippen LogP contribution < -0.4 is 4.74 Å². The smallest absolute Gasteiger partial charge is 0.403 e. The second-order valence-electron chi connectivity index (χ2n) is 8.93. The Balaban J connectivity index is 1.49. The van der Waals surface area contributed by atoms with Gasteiger partial charge in [-0.1, -0.05) is 44.4 Å². The lowest BCUT2D eigenvalue weighted by Gasteiger charge is -2.42. The fraction of sp³-hybridized carbons (Fsp3) is 0.583. The van der Waals surface area contributed by atoms with E-state index in [1.807, 2.05) is 12.1 Å². The van der Waals surface area contributed by atoms with E-state index in [4.69, 9.17) is 0 Å². The van der Waals surface area contributed by atoms with Crippen molar-refractivity contribution in [1.82, 2.24) is 0 Å². The van der Waals surface area contributed by atoms with Gasteiger partial charge in [-0.15, -0.1) is 13.2 Å². The van der Waals surface area contributed by atoms with Gasteiger partial charge in [0.15, 0.2) is 11.6 Å². The Morgan fingerprint density at radius 2 is 1.69 bits per heavy atom. The van der Waals surface area contributed by atoms with Crippen molar-refractivity contribution in [2.45, 2.75) is 70.6 Å². The first-order chi connectivity index (χ1) is 13.8. The second kappa shape index (κ2) is 8.16. The number of alkyl halides is 3. The van der Waals surface area contributed by atoms with E-state index >= 15 is 0 Å². The van der Waals surface area contributed by atoms with Crippen LogP contribution in [0.3, 0.4) is 0 Å². The number of halogens is 4. The van der Waals surface area contributed by atoms with E-state index in [1.54, 1.807) is 6.07 Å². The fourth-order valence-corrected chi connectivity index (χ4v) is 5.68. The van der Waals surface area contributed by atoms with Gasteiger partial charge in [-0.2, -0.15) is 0 Å². The minimum Gasteiger partial charge on any atom is -0.403 e. The van der Waals surface area contributed by atoms with E-state index in [-0.39, 0.29) is 0 Å². The standard InChI is InChI=1S/C24H28F4O/c1-2-3-15-4-5-17-11-18(7-6-16(17)10-15)19-8-9-20-14-23(29-24(26,27)28)22(25)13-21(20)12-19/h8-9,12-18H,2-7,10-11H2,1H3. The van der Waals surface area contributed by atoms with Crippen molar-refractivity contribution in [2.75, 3.05) is 0 Å². The van der Waals surface area contributed by atoms with Crippen molar-refractivity contribution in [1.29, 1.82) is 0 Å². The largest absolute Gasteiger partial charge is 0.573 e. The first-order valence-electron chi connectivity index (χ1n) is 10.8. The highest BCUT2D eigenvalue weighted by molar-refractivity contribution is 5.85. The first-order valence-corrected chi connectivity index (χ1v) is 10.8. The Hall–Kier alpha value is -1.78. The van der Waals surface area contributed by atoms with E-state index in [2.05, 4.69) is 11.7 Å². The molecule has 4 rings (SSSR count). The number of benzene rings is 2. The highest BCUT2D eigenvalue weighted by Crippen LogP contribution is 2.48. The minimum atomic E-state index is -4.90. The number of ether oxygens (including phenoxy) is 1. The molecule has 4 unspecified atom stereocenters. The third kappa shape index (κ3) is 4.70. The van der Waals surface area contributed by atoms with Gasteiger partial charge >= 0.3 is 6.36 Å². The van der Waals surface area contributed by atoms with Crippen molar-refractivity contribution in [3.8, 4) is 5.75 Å². The summed E-state index contributed by atoms with van der Waals surface area (Å²) in [5, 5.41) is 1.19. The third-order valence-electron chi connectivity index (χ3n) is 7.03. The van der Waals surface area contributed by atoms with Gasteiger partial charge in [0.2, 0.25) is 0 Å². The lowest BCUT2D eigenvalue weighted by molar-refractivity contribution is -0.275. The van der Waals surface area contributed by atoms with Gasteiger partial charge in [0, 0.05) is 0 Å². The van der Waals surface area contributed by atoms with E-state index in [0.717, 1.165) is 36.3 Å². The van der Waals surface area contributed by atoms with Gasteiger partial charge in [0.1, 0.15) is 0 Å². The summed E-state index contributed by atoms with van der Waals surface area (Å²) in [5.41, 5.74) is 1.18. The molecular formula is C24H28F4O. The molecule has 0 radical (unpaired) electrons. The van der Waals surface area contributed by atoms with Crippen LogP contribution in [-0.4, -0.2) is 6.36 Å². The first kappa shape index (κ1) is 20.5. The molecule has 2 aromatic carbocycles. The monoisotopic (exact) mass is 408 g/mol. The minimum absolute atomic E-state index is 0.456. The van der Waals surface area contributed by atoms with Gasteiger partial charge in [-0.25, -0.2) is 4.39 Å². The number of hydrogen-bond donors (Lipinski definition) is 0. The van der Waals surface area contributed by atoms with Crippen LogP contribution in [0.15, 0.2) is 30.3 Å². The van der Waals surface area contributed by atoms with Crippen molar-refractivity contribution in [2.24, 2.45) is 17.8 Å². The summed E-state index contributed by atoms with van der Waals surface area (Å²) >= 11 is 0. The molecule has 2 aliphatic rings. The van der Waals surface area contributed by atoms with Crippen LogP contribution in [0.5, 0.6) is 5.75 Å². The van der Waals surface area contributed by atoms with Crippen LogP contribution in [0.4, 0.5) is 17.6 Å². The van der Waals surface area contributed by atoms with Gasteiger partial charge in [-0.05, 0) is 84.2 Å². The molecule has 2 fully saturated rings. The fourth-order valence-electron chi connectivity index (χ4n) is 5.68. The Morgan fingerprint density at radius 1 is 0.931 bits per heavy atom. The van der Waals surface area contributed by atoms with Crippen LogP contribution in [0.25, 0.3) is 10.8 Å². The molecule has 29 heavy (non-hydrogen) atoms. The molecule has 1 nitrogen and oxygen atoms in total. The summed E-state index contributed by atoms with van der Waals surface area (Å²) in [6.07, 6.45) is 5.31. The SMILES string of the molecule is CCCC1CCC2CC(c3ccc4cc(OC(F)(F)F)c(F)cc4c3)CCC2C1. The Bertz CT molecular complexity index is 860. The predicted molar refractivity (Wildman–Crippen MR) is 106 cm³/mol. The number of fused-ring (bicyclic) bond motifs is 2. The maximum atomic E-state index is 14.1. The van der Waals surface area contributed by atoms with E-state index < -0.39 is 17.9 Å². The topological polar surface area (TPSA) is 9.23 Å². The maximum Gasteiger partial charge on any atom is 0.573 e. The normalized spacial score (nSPS) is 27.6. The molecule has 5 heteroatoms. The summed E-state index contributed by atoms with van der Waals surface area (Å²) < 4.78 is 55.2. The number of rotatable bonds is 4. The third-order valence-corrected chi connectivity index (χ3v) is 7.03. The van der Waals surface area contributed by atoms with Crippen molar-refractivity contribution in [3.05, 3.63) is 41.7 Å². The van der Waals surface area contributed by atoms with Crippen LogP contribution in [0.2, 0.25) is 0 Å². The molecule has 0 aromatic heterocycles. The van der Waals surface area contributed by atoms with Gasteiger partial charge in [-0.3, -0.25) is 0 Å². The summed E-state index contributed by atoms with van der Waals surface area (Å²) in [5.74, 6) is 1.22. The zero-order valence-corrected chi connectivity index (χ0v) is 16.8. The van der Waals surface area contributed by atoms with Crippen molar-refractivity contribution < 1.29 is 22.3 Å². The highest BCUT2D eigenvalue weighted by atomic mass is 19.4. The van der Waals surface area contributed by atoms with Gasteiger partial charge in [0.05, 0.1) is 0 Å². The molecular weight excluding hydrogens is 380 g/mol. The zero-order valence-electron chi connectivity index (χ0n) is 16.8. The maximum absolute atomic E-state index is 14.1. The lowest BCUT2D eigenvalue weighted by Crippen LogP contribution is -2.30. The van der Waals surface area contributed by atoms with Crippen LogP contribution in [0.1, 0.15) is 69.8 Å². The molecule has 0 heterocycles. The quantitative estimate of drug-likeness (QED) is 0.466. The zero-order chi connectivity index (χ0) is 20.6. The van der Waals surface area contributed by atoms with E-state index in [0.29, 0.717) is 16.7 Å². The Labute approximate surface area is 169 Å². The molecule has 0 bridgehead atoms. The molecule has 0 spiro atoms. The molecule has 0 aliphatic heterocycles. The molecule has 2 aromatic rings. The summed E-state index contributed by atoms with van der Waals surface area (Å²) in [6, 6.07) is 8.02. The average Bonchev–Trinajstić information content (AvgIpc) is 2.67. The molecule has 0 amide bonds. The lowest BCUT2D eigenvalue weighted by atomic mass is 9.63. The van der Waals surface area contributed by atoms with Crippen LogP contribution in [-0.2, 0) is 0 Å². The summed E-state index contributed by atoms with van der Waals surface area (Å²) in [6.45, 7) is 2.27. The summed E-state index contributed by atoms with van der Waals surface area (Å²) in [4.78, 5) is 0. The number of hydrogen-bond acceptors (Lipinski definition) is 1. The predicted octanol–water partition coefficient (Wildman–Crippen LogP) is 7.98. The van der Waals surface area contributed by atoms with Crippen LogP contribution in [0, 0.1) is 23.6 Å².